The van der Waals surface area contributed by atoms with E-state index in [2.05, 4.69) is 5.32 Å². The largest absolute Gasteiger partial charge is 0.472 e. The summed E-state index contributed by atoms with van der Waals surface area (Å²) >= 11 is 0. The number of benzene rings is 1. The molecule has 0 saturated heterocycles. The van der Waals surface area contributed by atoms with Crippen molar-refractivity contribution in [1.82, 2.24) is 5.32 Å². The molecule has 2 rings (SSSR count). The van der Waals surface area contributed by atoms with Crippen LogP contribution in [0.25, 0.3) is 0 Å². The molecule has 0 aliphatic heterocycles. The minimum Gasteiger partial charge on any atom is -0.472 e. The van der Waals surface area contributed by atoms with E-state index in [1.165, 1.54) is 24.3 Å². The van der Waals surface area contributed by atoms with Gasteiger partial charge in [0, 0.05) is 23.7 Å². The zero-order chi connectivity index (χ0) is 14.5. The van der Waals surface area contributed by atoms with Gasteiger partial charge in [-0.25, -0.2) is 0 Å². The molecule has 1 N–H and O–H groups in total. The Labute approximate surface area is 115 Å². The minimum absolute atomic E-state index is 0.0343. The molecule has 1 aromatic carbocycles. The second-order valence-electron chi connectivity index (χ2n) is 4.51. The van der Waals surface area contributed by atoms with E-state index in [1.807, 2.05) is 13.0 Å². The Bertz CT molecular complexity index is 590. The Balaban J connectivity index is 1.95. The van der Waals surface area contributed by atoms with Gasteiger partial charge in [0.05, 0.1) is 17.4 Å². The van der Waals surface area contributed by atoms with Crippen molar-refractivity contribution >= 4 is 11.6 Å². The molecule has 0 radical (unpaired) electrons. The summed E-state index contributed by atoms with van der Waals surface area (Å²) < 4.78 is 4.96. The summed E-state index contributed by atoms with van der Waals surface area (Å²) in [7, 11) is 0. The van der Waals surface area contributed by atoms with Crippen molar-refractivity contribution in [2.45, 2.75) is 19.4 Å². The van der Waals surface area contributed by atoms with Crippen molar-refractivity contribution in [3.8, 4) is 0 Å². The Morgan fingerprint density at radius 3 is 2.60 bits per heavy atom. The summed E-state index contributed by atoms with van der Waals surface area (Å²) in [6.45, 7) is 1.89. The van der Waals surface area contributed by atoms with E-state index in [0.29, 0.717) is 12.0 Å². The van der Waals surface area contributed by atoms with Gasteiger partial charge in [-0.15, -0.1) is 0 Å². The number of rotatable bonds is 5. The Morgan fingerprint density at radius 1 is 1.35 bits per heavy atom. The van der Waals surface area contributed by atoms with E-state index in [-0.39, 0.29) is 17.6 Å². The number of non-ortho nitro benzene ring substituents is 1. The quantitative estimate of drug-likeness (QED) is 0.670. The number of carbonyl (C=O) groups excluding carboxylic acids is 1. The summed E-state index contributed by atoms with van der Waals surface area (Å²) in [5.41, 5.74) is 1.36. The zero-order valence-electron chi connectivity index (χ0n) is 10.9. The van der Waals surface area contributed by atoms with Crippen LogP contribution in [0, 0.1) is 10.1 Å². The summed E-state index contributed by atoms with van der Waals surface area (Å²) in [6.07, 6.45) is 3.88. The molecule has 20 heavy (non-hydrogen) atoms. The van der Waals surface area contributed by atoms with Gasteiger partial charge in [-0.3, -0.25) is 14.9 Å². The average Bonchev–Trinajstić information content (AvgIpc) is 2.91. The normalized spacial score (nSPS) is 11.8. The second kappa shape index (κ2) is 6.01. The Morgan fingerprint density at radius 2 is 2.05 bits per heavy atom. The molecular weight excluding hydrogens is 260 g/mol. The molecule has 1 heterocycles. The lowest BCUT2D eigenvalue weighted by atomic mass is 10.1. The van der Waals surface area contributed by atoms with Gasteiger partial charge in [0.25, 0.3) is 11.6 Å². The molecule has 1 unspecified atom stereocenters. The van der Waals surface area contributed by atoms with E-state index in [4.69, 9.17) is 4.42 Å². The standard InChI is InChI=1S/C14H14N2O4/c1-10(8-11-6-7-20-9-11)15-14(17)12-2-4-13(5-3-12)16(18)19/h2-7,9-10H,8H2,1H3,(H,15,17). The van der Waals surface area contributed by atoms with Gasteiger partial charge in [-0.05, 0) is 37.1 Å². The SMILES string of the molecule is CC(Cc1ccoc1)NC(=O)c1ccc([N+](=O)[O-])cc1. The highest BCUT2D eigenvalue weighted by Gasteiger charge is 2.12. The summed E-state index contributed by atoms with van der Waals surface area (Å²) in [6, 6.07) is 7.30. The molecule has 6 nitrogen and oxygen atoms in total. The van der Waals surface area contributed by atoms with Crippen LogP contribution < -0.4 is 5.32 Å². The van der Waals surface area contributed by atoms with Gasteiger partial charge in [0.2, 0.25) is 0 Å². The van der Waals surface area contributed by atoms with Gasteiger partial charge >= 0.3 is 0 Å². The molecule has 6 heteroatoms. The van der Waals surface area contributed by atoms with Gasteiger partial charge in [-0.1, -0.05) is 0 Å². The van der Waals surface area contributed by atoms with E-state index < -0.39 is 4.92 Å². The lowest BCUT2D eigenvalue weighted by Crippen LogP contribution is -2.33. The molecule has 0 saturated carbocycles. The van der Waals surface area contributed by atoms with Crippen molar-refractivity contribution in [1.29, 1.82) is 0 Å². The fourth-order valence-electron chi connectivity index (χ4n) is 1.86. The second-order valence-corrected chi connectivity index (χ2v) is 4.51. The number of nitro benzene ring substituents is 1. The van der Waals surface area contributed by atoms with Gasteiger partial charge in [0.15, 0.2) is 0 Å². The highest BCUT2D eigenvalue weighted by Crippen LogP contribution is 2.12. The lowest BCUT2D eigenvalue weighted by Gasteiger charge is -2.12. The maximum Gasteiger partial charge on any atom is 0.269 e. The molecule has 0 aliphatic rings. The van der Waals surface area contributed by atoms with Crippen LogP contribution in [-0.4, -0.2) is 16.9 Å². The topological polar surface area (TPSA) is 85.4 Å². The molecule has 104 valence electrons. The number of amides is 1. The van der Waals surface area contributed by atoms with Crippen LogP contribution in [0.3, 0.4) is 0 Å². The smallest absolute Gasteiger partial charge is 0.269 e. The molecule has 0 bridgehead atoms. The number of hydrogen-bond acceptors (Lipinski definition) is 4. The molecular formula is C14H14N2O4. The molecule has 2 aromatic rings. The number of nitrogens with one attached hydrogen (secondary N) is 1. The first-order valence-corrected chi connectivity index (χ1v) is 6.12. The molecule has 0 spiro atoms. The summed E-state index contributed by atoms with van der Waals surface area (Å²) in [5.74, 6) is -0.254. The predicted octanol–water partition coefficient (Wildman–Crippen LogP) is 2.55. The van der Waals surface area contributed by atoms with Crippen molar-refractivity contribution in [2.75, 3.05) is 0 Å². The van der Waals surface area contributed by atoms with Gasteiger partial charge in [0.1, 0.15) is 0 Å². The van der Waals surface area contributed by atoms with Crippen LogP contribution in [0.2, 0.25) is 0 Å². The maximum atomic E-state index is 12.0. The molecule has 0 fully saturated rings. The maximum absolute atomic E-state index is 12.0. The number of furan rings is 1. The number of nitro groups is 1. The van der Waals surface area contributed by atoms with Crippen molar-refractivity contribution < 1.29 is 14.1 Å². The highest BCUT2D eigenvalue weighted by atomic mass is 16.6. The molecule has 0 aliphatic carbocycles. The van der Waals surface area contributed by atoms with Crippen LogP contribution in [0.15, 0.2) is 47.3 Å². The third-order valence-electron chi connectivity index (χ3n) is 2.84. The van der Waals surface area contributed by atoms with E-state index >= 15 is 0 Å². The van der Waals surface area contributed by atoms with Gasteiger partial charge in [-0.2, -0.15) is 0 Å². The van der Waals surface area contributed by atoms with Crippen LogP contribution in [0.4, 0.5) is 5.69 Å². The summed E-state index contributed by atoms with van der Waals surface area (Å²) in [5, 5.41) is 13.4. The van der Waals surface area contributed by atoms with Crippen molar-refractivity contribution in [3.05, 3.63) is 64.1 Å². The monoisotopic (exact) mass is 274 g/mol. The fraction of sp³-hybridized carbons (Fsp3) is 0.214. The minimum atomic E-state index is -0.497. The Hall–Kier alpha value is -2.63. The van der Waals surface area contributed by atoms with Crippen LogP contribution in [0.1, 0.15) is 22.8 Å². The molecule has 1 amide bonds. The number of carbonyl (C=O) groups is 1. The first kappa shape index (κ1) is 13.8. The van der Waals surface area contributed by atoms with E-state index in [0.717, 1.165) is 5.56 Å². The Kier molecular flexibility index (Phi) is 4.14. The van der Waals surface area contributed by atoms with Crippen LogP contribution >= 0.6 is 0 Å². The fourth-order valence-corrected chi connectivity index (χ4v) is 1.86. The lowest BCUT2D eigenvalue weighted by molar-refractivity contribution is -0.384. The molecule has 1 aromatic heterocycles. The molecule has 1 atom stereocenters. The van der Waals surface area contributed by atoms with Crippen molar-refractivity contribution in [2.24, 2.45) is 0 Å². The summed E-state index contributed by atoms with van der Waals surface area (Å²) in [4.78, 5) is 22.0. The van der Waals surface area contributed by atoms with Crippen molar-refractivity contribution in [3.63, 3.8) is 0 Å². The van der Waals surface area contributed by atoms with Crippen LogP contribution in [0.5, 0.6) is 0 Å². The first-order chi connectivity index (χ1) is 9.56. The average molecular weight is 274 g/mol. The van der Waals surface area contributed by atoms with Crippen LogP contribution in [-0.2, 0) is 6.42 Å². The van der Waals surface area contributed by atoms with E-state index in [9.17, 15) is 14.9 Å². The number of nitrogens with zero attached hydrogens (tertiary/aromatic N) is 1. The number of hydrogen-bond donors (Lipinski definition) is 1. The highest BCUT2D eigenvalue weighted by molar-refractivity contribution is 5.94. The third-order valence-corrected chi connectivity index (χ3v) is 2.84. The zero-order valence-corrected chi connectivity index (χ0v) is 10.9. The third kappa shape index (κ3) is 3.44. The first-order valence-electron chi connectivity index (χ1n) is 6.12. The van der Waals surface area contributed by atoms with Gasteiger partial charge < -0.3 is 9.73 Å². The predicted molar refractivity (Wildman–Crippen MR) is 72.4 cm³/mol. The van der Waals surface area contributed by atoms with E-state index in [1.54, 1.807) is 12.5 Å².